The van der Waals surface area contributed by atoms with Gasteiger partial charge in [-0.25, -0.2) is 9.97 Å². The first-order chi connectivity index (χ1) is 16.6. The SMILES string of the molecule is N#Cc1ccc2c(c1)nc(CCc1ccc(-c3cnc(N)cn3)cc1)n2Cc1ccccc1Cl. The van der Waals surface area contributed by atoms with Crippen molar-refractivity contribution in [1.82, 2.24) is 19.5 Å². The third kappa shape index (κ3) is 4.47. The lowest BCUT2D eigenvalue weighted by Crippen LogP contribution is -2.07. The molecule has 2 N–H and O–H groups in total. The molecule has 5 rings (SSSR count). The Kier molecular flexibility index (Phi) is 5.94. The molecule has 5 aromatic rings. The largest absolute Gasteiger partial charge is 0.382 e. The fraction of sp³-hybridized carbons (Fsp3) is 0.111. The van der Waals surface area contributed by atoms with E-state index in [4.69, 9.17) is 22.3 Å². The summed E-state index contributed by atoms with van der Waals surface area (Å²) in [5.74, 6) is 1.36. The van der Waals surface area contributed by atoms with Gasteiger partial charge in [-0.2, -0.15) is 5.26 Å². The van der Waals surface area contributed by atoms with Crippen LogP contribution in [0.3, 0.4) is 0 Å². The van der Waals surface area contributed by atoms with Gasteiger partial charge >= 0.3 is 0 Å². The molecule has 2 aromatic heterocycles. The smallest absolute Gasteiger partial charge is 0.141 e. The minimum atomic E-state index is 0.405. The van der Waals surface area contributed by atoms with E-state index in [0.29, 0.717) is 17.9 Å². The third-order valence-electron chi connectivity index (χ3n) is 5.80. The quantitative estimate of drug-likeness (QED) is 0.361. The molecule has 0 amide bonds. The fourth-order valence-corrected chi connectivity index (χ4v) is 4.19. The van der Waals surface area contributed by atoms with E-state index >= 15 is 0 Å². The van der Waals surface area contributed by atoms with E-state index in [-0.39, 0.29) is 0 Å². The van der Waals surface area contributed by atoms with Crippen LogP contribution in [0.15, 0.2) is 79.1 Å². The van der Waals surface area contributed by atoms with Crippen LogP contribution in [0.1, 0.15) is 22.5 Å². The predicted octanol–water partition coefficient (Wildman–Crippen LogP) is 5.43. The number of anilines is 1. The average Bonchev–Trinajstić information content (AvgIpc) is 3.21. The monoisotopic (exact) mass is 464 g/mol. The van der Waals surface area contributed by atoms with Crippen molar-refractivity contribution in [2.24, 2.45) is 0 Å². The van der Waals surface area contributed by atoms with E-state index in [2.05, 4.69) is 32.7 Å². The molecule has 0 atom stereocenters. The first-order valence-electron chi connectivity index (χ1n) is 10.9. The molecule has 3 aromatic carbocycles. The molecule has 0 aliphatic carbocycles. The number of aromatic nitrogens is 4. The highest BCUT2D eigenvalue weighted by Gasteiger charge is 2.13. The van der Waals surface area contributed by atoms with E-state index in [1.807, 2.05) is 54.6 Å². The second-order valence-corrected chi connectivity index (χ2v) is 8.45. The van der Waals surface area contributed by atoms with Crippen LogP contribution in [0.4, 0.5) is 5.82 Å². The zero-order valence-corrected chi connectivity index (χ0v) is 19.1. The van der Waals surface area contributed by atoms with Crippen molar-refractivity contribution in [3.63, 3.8) is 0 Å². The van der Waals surface area contributed by atoms with Crippen molar-refractivity contribution in [1.29, 1.82) is 5.26 Å². The zero-order valence-electron chi connectivity index (χ0n) is 18.3. The van der Waals surface area contributed by atoms with Gasteiger partial charge in [-0.15, -0.1) is 0 Å². The molecule has 0 saturated heterocycles. The van der Waals surface area contributed by atoms with Crippen LogP contribution in [-0.2, 0) is 19.4 Å². The Morgan fingerprint density at radius 3 is 2.50 bits per heavy atom. The van der Waals surface area contributed by atoms with Crippen molar-refractivity contribution in [3.8, 4) is 17.3 Å². The van der Waals surface area contributed by atoms with E-state index in [1.165, 1.54) is 5.56 Å². The summed E-state index contributed by atoms with van der Waals surface area (Å²) < 4.78 is 2.19. The Morgan fingerprint density at radius 1 is 0.941 bits per heavy atom. The molecule has 166 valence electrons. The van der Waals surface area contributed by atoms with Crippen LogP contribution in [0.2, 0.25) is 5.02 Å². The standard InChI is InChI=1S/C27H21ClN6/c28-22-4-2-1-3-21(22)17-34-25-11-7-19(14-29)13-23(25)33-27(34)12-8-18-5-9-20(10-6-18)24-15-32-26(30)16-31-24/h1-7,9-11,13,15-16H,8,12,17H2,(H2,30,32). The van der Waals surface area contributed by atoms with Gasteiger partial charge in [0.25, 0.3) is 0 Å². The Bertz CT molecular complexity index is 1500. The number of nitriles is 1. The van der Waals surface area contributed by atoms with E-state index < -0.39 is 0 Å². The Hall–Kier alpha value is -4.21. The highest BCUT2D eigenvalue weighted by molar-refractivity contribution is 6.31. The number of aryl methyl sites for hydroxylation is 2. The van der Waals surface area contributed by atoms with Crippen LogP contribution >= 0.6 is 11.6 Å². The first kappa shape index (κ1) is 21.6. The molecule has 0 unspecified atom stereocenters. The maximum absolute atomic E-state index is 9.30. The molecule has 2 heterocycles. The number of halogens is 1. The maximum atomic E-state index is 9.30. The van der Waals surface area contributed by atoms with E-state index in [1.54, 1.807) is 12.4 Å². The predicted molar refractivity (Wildman–Crippen MR) is 134 cm³/mol. The molecule has 6 nitrogen and oxygen atoms in total. The minimum Gasteiger partial charge on any atom is -0.382 e. The molecular weight excluding hydrogens is 444 g/mol. The van der Waals surface area contributed by atoms with Crippen LogP contribution in [0.25, 0.3) is 22.3 Å². The Balaban J connectivity index is 1.42. The van der Waals surface area contributed by atoms with Gasteiger partial charge in [-0.1, -0.05) is 54.1 Å². The summed E-state index contributed by atoms with van der Waals surface area (Å²) in [6, 6.07) is 24.0. The first-order valence-corrected chi connectivity index (χ1v) is 11.3. The van der Waals surface area contributed by atoms with Gasteiger partial charge in [-0.3, -0.25) is 4.98 Å². The molecular formula is C27H21ClN6. The number of hydrogen-bond acceptors (Lipinski definition) is 5. The van der Waals surface area contributed by atoms with Crippen LogP contribution < -0.4 is 5.73 Å². The lowest BCUT2D eigenvalue weighted by molar-refractivity contribution is 0.730. The summed E-state index contributed by atoms with van der Waals surface area (Å²) in [5, 5.41) is 10.0. The molecule has 0 spiro atoms. The summed E-state index contributed by atoms with van der Waals surface area (Å²) in [7, 11) is 0. The van der Waals surface area contributed by atoms with Gasteiger partial charge < -0.3 is 10.3 Å². The van der Waals surface area contributed by atoms with Crippen molar-refractivity contribution in [2.75, 3.05) is 5.73 Å². The summed E-state index contributed by atoms with van der Waals surface area (Å²) in [6.07, 6.45) is 4.81. The topological polar surface area (TPSA) is 93.4 Å². The summed E-state index contributed by atoms with van der Waals surface area (Å²) in [5.41, 5.74) is 12.0. The van der Waals surface area contributed by atoms with Gasteiger partial charge in [0.1, 0.15) is 11.6 Å². The molecule has 0 fully saturated rings. The molecule has 7 heteroatoms. The second kappa shape index (κ2) is 9.34. The molecule has 0 aliphatic heterocycles. The minimum absolute atomic E-state index is 0.405. The van der Waals surface area contributed by atoms with Crippen LogP contribution in [0, 0.1) is 11.3 Å². The van der Waals surface area contributed by atoms with Gasteiger partial charge in [0.2, 0.25) is 0 Å². The summed E-state index contributed by atoms with van der Waals surface area (Å²) in [6.45, 7) is 0.617. The number of nitrogen functional groups attached to an aromatic ring is 1. The highest BCUT2D eigenvalue weighted by Crippen LogP contribution is 2.24. The van der Waals surface area contributed by atoms with Crippen molar-refractivity contribution < 1.29 is 0 Å². The van der Waals surface area contributed by atoms with Crippen LogP contribution in [0.5, 0.6) is 0 Å². The fourth-order valence-electron chi connectivity index (χ4n) is 4.00. The van der Waals surface area contributed by atoms with Gasteiger partial charge in [0, 0.05) is 17.0 Å². The Morgan fingerprint density at radius 2 is 1.76 bits per heavy atom. The number of imidazole rings is 1. The summed E-state index contributed by atoms with van der Waals surface area (Å²) in [4.78, 5) is 13.3. The highest BCUT2D eigenvalue weighted by atomic mass is 35.5. The van der Waals surface area contributed by atoms with Gasteiger partial charge in [0.15, 0.2) is 0 Å². The number of benzene rings is 3. The number of hydrogen-bond donors (Lipinski definition) is 1. The third-order valence-corrected chi connectivity index (χ3v) is 6.17. The van der Waals surface area contributed by atoms with Gasteiger partial charge in [-0.05, 0) is 41.8 Å². The van der Waals surface area contributed by atoms with Crippen LogP contribution in [-0.4, -0.2) is 19.5 Å². The van der Waals surface area contributed by atoms with Crippen molar-refractivity contribution >= 4 is 28.5 Å². The molecule has 0 saturated carbocycles. The lowest BCUT2D eigenvalue weighted by Gasteiger charge is -2.11. The number of fused-ring (bicyclic) bond motifs is 1. The number of nitrogens with zero attached hydrogens (tertiary/aromatic N) is 5. The molecule has 34 heavy (non-hydrogen) atoms. The second-order valence-electron chi connectivity index (χ2n) is 8.04. The normalized spacial score (nSPS) is 10.9. The van der Waals surface area contributed by atoms with Gasteiger partial charge in [0.05, 0.1) is 47.3 Å². The van der Waals surface area contributed by atoms with E-state index in [0.717, 1.165) is 51.5 Å². The lowest BCUT2D eigenvalue weighted by atomic mass is 10.1. The molecule has 0 bridgehead atoms. The number of nitrogens with two attached hydrogens (primary N) is 1. The van der Waals surface area contributed by atoms with E-state index in [9.17, 15) is 5.26 Å². The molecule has 0 aliphatic rings. The van der Waals surface area contributed by atoms with Crippen molar-refractivity contribution in [2.45, 2.75) is 19.4 Å². The summed E-state index contributed by atoms with van der Waals surface area (Å²) >= 11 is 6.45. The Labute approximate surface area is 202 Å². The van der Waals surface area contributed by atoms with Crippen molar-refractivity contribution in [3.05, 3.63) is 107 Å². The average molecular weight is 465 g/mol. The maximum Gasteiger partial charge on any atom is 0.141 e. The zero-order chi connectivity index (χ0) is 23.5. The number of rotatable bonds is 6. The molecule has 0 radical (unpaired) electrons.